The summed E-state index contributed by atoms with van der Waals surface area (Å²) in [5, 5.41) is 19.5. The van der Waals surface area contributed by atoms with Crippen molar-refractivity contribution in [3.63, 3.8) is 0 Å². The molecule has 3 aromatic carbocycles. The Kier molecular flexibility index (Phi) is 12.4. The molecule has 0 amide bonds. The summed E-state index contributed by atoms with van der Waals surface area (Å²) in [6, 6.07) is 22.6. The molecule has 1 aliphatic rings. The van der Waals surface area contributed by atoms with Gasteiger partial charge in [0.2, 0.25) is 0 Å². The van der Waals surface area contributed by atoms with Gasteiger partial charge in [0.05, 0.1) is 30.4 Å². The zero-order valence-electron chi connectivity index (χ0n) is 23.4. The number of benzene rings is 3. The number of ether oxygens (including phenoxy) is 3. The first-order valence-electron chi connectivity index (χ1n) is 13.8. The fourth-order valence-corrected chi connectivity index (χ4v) is 4.29. The highest BCUT2D eigenvalue weighted by Crippen LogP contribution is 2.45. The molecular weight excluding hydrogens is 526 g/mol. The van der Waals surface area contributed by atoms with Crippen molar-refractivity contribution in [1.29, 1.82) is 0 Å². The van der Waals surface area contributed by atoms with Crippen molar-refractivity contribution in [3.05, 3.63) is 78.4 Å². The van der Waals surface area contributed by atoms with Gasteiger partial charge in [-0.15, -0.1) is 0 Å². The van der Waals surface area contributed by atoms with Gasteiger partial charge in [-0.2, -0.15) is 0 Å². The molecule has 2 atom stereocenters. The van der Waals surface area contributed by atoms with Crippen LogP contribution >= 0.6 is 0 Å². The average Bonchev–Trinajstić information content (AvgIpc) is 2.97. The monoisotopic (exact) mass is 565 g/mol. The van der Waals surface area contributed by atoms with E-state index < -0.39 is 24.1 Å². The van der Waals surface area contributed by atoms with E-state index in [1.54, 1.807) is 6.92 Å². The second-order valence-corrected chi connectivity index (χ2v) is 9.44. The summed E-state index contributed by atoms with van der Waals surface area (Å²) < 4.78 is 17.2. The predicted octanol–water partition coefficient (Wildman–Crippen LogP) is 2.52. The number of carbonyl (C=O) groups is 2. The third kappa shape index (κ3) is 9.49. The van der Waals surface area contributed by atoms with E-state index in [2.05, 4.69) is 10.6 Å². The smallest absolute Gasteiger partial charge is 0.320 e. The summed E-state index contributed by atoms with van der Waals surface area (Å²) in [6.45, 7) is 4.07. The van der Waals surface area contributed by atoms with Gasteiger partial charge in [-0.3, -0.25) is 4.79 Å². The van der Waals surface area contributed by atoms with Crippen LogP contribution in [0.4, 0.5) is 11.4 Å². The Morgan fingerprint density at radius 2 is 1.61 bits per heavy atom. The van der Waals surface area contributed by atoms with Gasteiger partial charge >= 0.3 is 5.97 Å². The molecule has 6 N–H and O–H groups in total. The van der Waals surface area contributed by atoms with Crippen molar-refractivity contribution in [2.24, 2.45) is 5.73 Å². The minimum Gasteiger partial charge on any atom is -0.547 e. The number of carbonyl (C=O) groups excluding carboxylic acids is 1. The van der Waals surface area contributed by atoms with Crippen LogP contribution in [0.25, 0.3) is 0 Å². The summed E-state index contributed by atoms with van der Waals surface area (Å²) in [5.74, 6) is 0.252. The van der Waals surface area contributed by atoms with Gasteiger partial charge in [0.15, 0.2) is 11.5 Å². The van der Waals surface area contributed by atoms with Crippen molar-refractivity contribution in [3.8, 4) is 17.2 Å². The van der Waals surface area contributed by atoms with E-state index in [1.165, 1.54) is 0 Å². The molecule has 0 saturated heterocycles. The molecule has 10 nitrogen and oxygen atoms in total. The molecule has 1 unspecified atom stereocenters. The highest BCUT2D eigenvalue weighted by atomic mass is 16.5. The van der Waals surface area contributed by atoms with Gasteiger partial charge in [0.1, 0.15) is 24.5 Å². The highest BCUT2D eigenvalue weighted by molar-refractivity contribution is 5.77. The summed E-state index contributed by atoms with van der Waals surface area (Å²) in [4.78, 5) is 23.5. The van der Waals surface area contributed by atoms with Gasteiger partial charge in [-0.05, 0) is 68.1 Å². The third-order valence-electron chi connectivity index (χ3n) is 6.42. The maximum absolute atomic E-state index is 11.2. The van der Waals surface area contributed by atoms with E-state index in [0.717, 1.165) is 53.6 Å². The number of unbranched alkanes of at least 4 members (excludes halogenated alkanes) is 1. The summed E-state index contributed by atoms with van der Waals surface area (Å²) in [5.41, 5.74) is 11.7. The molecule has 0 spiro atoms. The molecule has 4 rings (SSSR count). The van der Waals surface area contributed by atoms with Crippen LogP contribution in [0, 0.1) is 0 Å². The first-order chi connectivity index (χ1) is 19.8. The van der Waals surface area contributed by atoms with Crippen LogP contribution in [0.2, 0.25) is 0 Å². The zero-order valence-corrected chi connectivity index (χ0v) is 23.4. The third-order valence-corrected chi connectivity index (χ3v) is 6.42. The average molecular weight is 566 g/mol. The number of anilines is 2. The summed E-state index contributed by atoms with van der Waals surface area (Å²) in [7, 11) is 0. The first-order valence-corrected chi connectivity index (χ1v) is 13.8. The SMILES string of the molecule is CCO[C@@H](Cc1ccc(OCCN2c3ccccc3Oc3ccccc32)cc1)C(=O)[O-].NC(CCCC[NH3+])C(=O)O. The Labute approximate surface area is 240 Å². The van der Waals surface area contributed by atoms with Gasteiger partial charge in [0, 0.05) is 13.0 Å². The summed E-state index contributed by atoms with van der Waals surface area (Å²) >= 11 is 0. The van der Waals surface area contributed by atoms with E-state index >= 15 is 0 Å². The Bertz CT molecular complexity index is 1210. The lowest BCUT2D eigenvalue weighted by molar-refractivity contribution is -0.368. The minimum absolute atomic E-state index is 0.262. The second-order valence-electron chi connectivity index (χ2n) is 9.44. The number of carboxylic acids is 2. The molecule has 0 fully saturated rings. The highest BCUT2D eigenvalue weighted by Gasteiger charge is 2.23. The molecule has 0 saturated carbocycles. The molecule has 0 aromatic heterocycles. The second kappa shape index (κ2) is 16.2. The van der Waals surface area contributed by atoms with Crippen molar-refractivity contribution in [1.82, 2.24) is 0 Å². The molecule has 0 bridgehead atoms. The summed E-state index contributed by atoms with van der Waals surface area (Å²) in [6.07, 6.45) is 1.69. The maximum Gasteiger partial charge on any atom is 0.320 e. The number of hydrogen-bond donors (Lipinski definition) is 3. The number of hydrogen-bond acceptors (Lipinski definition) is 8. The van der Waals surface area contributed by atoms with Crippen molar-refractivity contribution in [2.75, 3.05) is 31.2 Å². The Balaban J connectivity index is 0.000000397. The molecule has 10 heteroatoms. The Hall–Kier alpha value is -4.12. The number of nitrogens with zero attached hydrogens (tertiary/aromatic N) is 1. The predicted molar refractivity (Wildman–Crippen MR) is 153 cm³/mol. The van der Waals surface area contributed by atoms with Gasteiger partial charge in [-0.25, -0.2) is 0 Å². The number of para-hydroxylation sites is 4. The largest absolute Gasteiger partial charge is 0.547 e. The molecule has 220 valence electrons. The van der Waals surface area contributed by atoms with Gasteiger partial charge < -0.3 is 45.6 Å². The van der Waals surface area contributed by atoms with E-state index in [9.17, 15) is 14.7 Å². The fourth-order valence-electron chi connectivity index (χ4n) is 4.29. The number of carboxylic acid groups (broad SMARTS) is 2. The van der Waals surface area contributed by atoms with Crippen LogP contribution in [0.1, 0.15) is 31.7 Å². The molecule has 3 aromatic rings. The fraction of sp³-hybridized carbons (Fsp3) is 0.355. The standard InChI is InChI=1S/C25H25NO5.C6H14N2O2/c1-2-29-24(25(27)28)17-18-11-13-19(14-12-18)30-16-15-26-20-7-3-5-9-22(20)31-23-10-6-4-8-21(23)26;7-4-2-1-3-5(8)6(9)10/h3-14,24H,2,15-17H2,1H3,(H,27,28);5H,1-4,7-8H2,(H,9,10)/t24-;/m0./s1. The van der Waals surface area contributed by atoms with Crippen molar-refractivity contribution >= 4 is 23.3 Å². The van der Waals surface area contributed by atoms with E-state index in [-0.39, 0.29) is 6.42 Å². The van der Waals surface area contributed by atoms with Crippen LogP contribution in [0.5, 0.6) is 17.2 Å². The number of quaternary nitrogens is 1. The normalized spacial score (nSPS) is 13.0. The Morgan fingerprint density at radius 3 is 2.15 bits per heavy atom. The van der Waals surface area contributed by atoms with Crippen LogP contribution < -0.4 is 30.9 Å². The number of nitrogens with two attached hydrogens (primary N) is 1. The van der Waals surface area contributed by atoms with Crippen molar-refractivity contribution in [2.45, 2.75) is 44.8 Å². The molecule has 0 radical (unpaired) electrons. The Morgan fingerprint density at radius 1 is 1.00 bits per heavy atom. The van der Waals surface area contributed by atoms with Crippen molar-refractivity contribution < 1.29 is 39.7 Å². The lowest BCUT2D eigenvalue weighted by Crippen LogP contribution is -2.50. The molecule has 1 aliphatic heterocycles. The quantitative estimate of drug-likeness (QED) is 0.249. The van der Waals surface area contributed by atoms with Crippen LogP contribution in [0.15, 0.2) is 72.8 Å². The minimum atomic E-state index is -1.20. The van der Waals surface area contributed by atoms with Gasteiger partial charge in [0.25, 0.3) is 0 Å². The van der Waals surface area contributed by atoms with E-state index in [0.29, 0.717) is 26.2 Å². The first kappa shape index (κ1) is 31.4. The molecular formula is C31H39N3O7. The number of aliphatic carboxylic acids is 2. The van der Waals surface area contributed by atoms with Crippen LogP contribution in [-0.2, 0) is 20.7 Å². The zero-order chi connectivity index (χ0) is 29.6. The molecule has 0 aliphatic carbocycles. The van der Waals surface area contributed by atoms with E-state index in [1.807, 2.05) is 72.8 Å². The lowest BCUT2D eigenvalue weighted by atomic mass is 10.1. The maximum atomic E-state index is 11.2. The molecule has 41 heavy (non-hydrogen) atoms. The topological polar surface area (TPSA) is 162 Å². The lowest BCUT2D eigenvalue weighted by Gasteiger charge is -2.32. The van der Waals surface area contributed by atoms with E-state index in [4.69, 9.17) is 25.1 Å². The van der Waals surface area contributed by atoms with Gasteiger partial charge in [-0.1, -0.05) is 36.4 Å². The van der Waals surface area contributed by atoms with Crippen LogP contribution in [0.3, 0.4) is 0 Å². The number of rotatable bonds is 14. The number of fused-ring (bicyclic) bond motifs is 2. The van der Waals surface area contributed by atoms with Crippen LogP contribution in [-0.4, -0.2) is 55.5 Å². The molecule has 1 heterocycles.